The number of imidazole rings is 1. The fraction of sp³-hybridized carbons (Fsp3) is 0.769. The van der Waals surface area contributed by atoms with Crippen molar-refractivity contribution in [1.29, 1.82) is 0 Å². The Bertz CT molecular complexity index is 341. The van der Waals surface area contributed by atoms with Crippen LogP contribution in [0.1, 0.15) is 32.0 Å². The van der Waals surface area contributed by atoms with Crippen molar-refractivity contribution >= 4 is 0 Å². The zero-order valence-electron chi connectivity index (χ0n) is 10.7. The highest BCUT2D eigenvalue weighted by Crippen LogP contribution is 2.47. The molecule has 1 atom stereocenters. The van der Waals surface area contributed by atoms with Crippen LogP contribution in [-0.4, -0.2) is 23.1 Å². The summed E-state index contributed by atoms with van der Waals surface area (Å²) in [5.41, 5.74) is 0.459. The molecule has 1 unspecified atom stereocenters. The maximum Gasteiger partial charge on any atom is 0.108 e. The van der Waals surface area contributed by atoms with Gasteiger partial charge in [0.25, 0.3) is 0 Å². The van der Waals surface area contributed by atoms with Crippen LogP contribution < -0.4 is 5.32 Å². The minimum Gasteiger partial charge on any atom is -0.338 e. The van der Waals surface area contributed by atoms with Crippen molar-refractivity contribution in [2.75, 3.05) is 13.6 Å². The molecule has 0 amide bonds. The molecule has 1 aromatic heterocycles. The minimum atomic E-state index is 0.459. The van der Waals surface area contributed by atoms with Crippen LogP contribution in [0.3, 0.4) is 0 Å². The van der Waals surface area contributed by atoms with E-state index in [2.05, 4.69) is 35.9 Å². The Kier molecular flexibility index (Phi) is 3.33. The summed E-state index contributed by atoms with van der Waals surface area (Å²) < 4.78 is 2.13. The Hall–Kier alpha value is -0.830. The number of nitrogens with one attached hydrogen (secondary N) is 1. The zero-order chi connectivity index (χ0) is 11.6. The van der Waals surface area contributed by atoms with Crippen LogP contribution in [-0.2, 0) is 13.5 Å². The van der Waals surface area contributed by atoms with Crippen molar-refractivity contribution in [3.05, 3.63) is 18.2 Å². The predicted octanol–water partition coefficient (Wildman–Crippen LogP) is 1.99. The first kappa shape index (κ1) is 11.6. The number of aromatic nitrogens is 2. The lowest BCUT2D eigenvalue weighted by Gasteiger charge is -2.29. The molecule has 1 fully saturated rings. The molecule has 0 radical (unpaired) electrons. The van der Waals surface area contributed by atoms with Crippen LogP contribution >= 0.6 is 0 Å². The van der Waals surface area contributed by atoms with Crippen molar-refractivity contribution < 1.29 is 0 Å². The van der Waals surface area contributed by atoms with Gasteiger partial charge in [0, 0.05) is 32.4 Å². The molecule has 3 heteroatoms. The first-order valence-corrected chi connectivity index (χ1v) is 6.26. The lowest BCUT2D eigenvalue weighted by atomic mass is 9.80. The van der Waals surface area contributed by atoms with Gasteiger partial charge in [0.05, 0.1) is 0 Å². The molecule has 2 rings (SSSR count). The molecule has 0 aromatic carbocycles. The smallest absolute Gasteiger partial charge is 0.108 e. The average molecular weight is 221 g/mol. The Morgan fingerprint density at radius 3 is 2.81 bits per heavy atom. The van der Waals surface area contributed by atoms with Gasteiger partial charge in [-0.2, -0.15) is 0 Å². The Morgan fingerprint density at radius 1 is 1.56 bits per heavy atom. The zero-order valence-corrected chi connectivity index (χ0v) is 10.7. The fourth-order valence-electron chi connectivity index (χ4n) is 2.66. The second-order valence-electron chi connectivity index (χ2n) is 5.41. The molecule has 16 heavy (non-hydrogen) atoms. The lowest BCUT2D eigenvalue weighted by Crippen LogP contribution is -2.32. The first-order chi connectivity index (χ1) is 7.65. The fourth-order valence-corrected chi connectivity index (χ4v) is 2.66. The van der Waals surface area contributed by atoms with Crippen LogP contribution in [0.5, 0.6) is 0 Å². The number of rotatable bonds is 6. The van der Waals surface area contributed by atoms with Crippen LogP contribution in [0.4, 0.5) is 0 Å². The van der Waals surface area contributed by atoms with Gasteiger partial charge in [-0.05, 0) is 37.6 Å². The summed E-state index contributed by atoms with van der Waals surface area (Å²) in [5, 5.41) is 3.35. The van der Waals surface area contributed by atoms with E-state index in [1.165, 1.54) is 25.1 Å². The van der Waals surface area contributed by atoms with Gasteiger partial charge in [-0.3, -0.25) is 0 Å². The van der Waals surface area contributed by atoms with Crippen molar-refractivity contribution in [3.63, 3.8) is 0 Å². The SMILES string of the molecule is CNCC(C)(CCc1nccn1C)C1CC1. The van der Waals surface area contributed by atoms with Gasteiger partial charge >= 0.3 is 0 Å². The third kappa shape index (κ3) is 2.46. The quantitative estimate of drug-likeness (QED) is 0.796. The predicted molar refractivity (Wildman–Crippen MR) is 66.3 cm³/mol. The van der Waals surface area contributed by atoms with Crippen molar-refractivity contribution in [2.45, 2.75) is 32.6 Å². The molecule has 1 aromatic rings. The topological polar surface area (TPSA) is 29.9 Å². The van der Waals surface area contributed by atoms with E-state index >= 15 is 0 Å². The third-order valence-corrected chi connectivity index (χ3v) is 3.98. The molecular weight excluding hydrogens is 198 g/mol. The number of nitrogens with zero attached hydrogens (tertiary/aromatic N) is 2. The van der Waals surface area contributed by atoms with Crippen LogP contribution in [0.2, 0.25) is 0 Å². The molecule has 0 aliphatic heterocycles. The van der Waals surface area contributed by atoms with Gasteiger partial charge in [-0.15, -0.1) is 0 Å². The summed E-state index contributed by atoms with van der Waals surface area (Å²) in [4.78, 5) is 4.40. The van der Waals surface area contributed by atoms with Gasteiger partial charge in [0.15, 0.2) is 0 Å². The molecular formula is C13H23N3. The Labute approximate surface area is 98.3 Å². The first-order valence-electron chi connectivity index (χ1n) is 6.26. The lowest BCUT2D eigenvalue weighted by molar-refractivity contribution is 0.241. The summed E-state index contributed by atoms with van der Waals surface area (Å²) in [6.07, 6.45) is 9.09. The van der Waals surface area contributed by atoms with Gasteiger partial charge in [0.2, 0.25) is 0 Å². The second-order valence-corrected chi connectivity index (χ2v) is 5.41. The second kappa shape index (κ2) is 4.58. The normalized spacial score (nSPS) is 19.7. The molecule has 0 bridgehead atoms. The molecule has 0 spiro atoms. The summed E-state index contributed by atoms with van der Waals surface area (Å²) in [6, 6.07) is 0. The molecule has 3 nitrogen and oxygen atoms in total. The van der Waals surface area contributed by atoms with E-state index in [1.807, 2.05) is 12.4 Å². The van der Waals surface area contributed by atoms with Gasteiger partial charge in [-0.1, -0.05) is 6.92 Å². The van der Waals surface area contributed by atoms with E-state index in [-0.39, 0.29) is 0 Å². The van der Waals surface area contributed by atoms with Crippen LogP contribution in [0.25, 0.3) is 0 Å². The molecule has 1 aliphatic carbocycles. The van der Waals surface area contributed by atoms with E-state index in [9.17, 15) is 0 Å². The van der Waals surface area contributed by atoms with E-state index in [1.54, 1.807) is 0 Å². The number of hydrogen-bond donors (Lipinski definition) is 1. The maximum absolute atomic E-state index is 4.40. The standard InChI is InChI=1S/C13H23N3/c1-13(10-14-2,11-4-5-11)7-6-12-15-8-9-16(12)3/h8-9,11,14H,4-7,10H2,1-3H3. The third-order valence-electron chi connectivity index (χ3n) is 3.98. The molecule has 0 saturated heterocycles. The van der Waals surface area contributed by atoms with Crippen LogP contribution in [0, 0.1) is 11.3 Å². The minimum absolute atomic E-state index is 0.459. The average Bonchev–Trinajstić information content (AvgIpc) is 3.02. The largest absolute Gasteiger partial charge is 0.338 e. The Morgan fingerprint density at radius 2 is 2.31 bits per heavy atom. The van der Waals surface area contributed by atoms with E-state index < -0.39 is 0 Å². The van der Waals surface area contributed by atoms with Gasteiger partial charge in [-0.25, -0.2) is 4.98 Å². The molecule has 1 aliphatic rings. The number of aryl methyl sites for hydroxylation is 2. The van der Waals surface area contributed by atoms with Gasteiger partial charge < -0.3 is 9.88 Å². The highest BCUT2D eigenvalue weighted by Gasteiger charge is 2.40. The van der Waals surface area contributed by atoms with E-state index in [4.69, 9.17) is 0 Å². The highest BCUT2D eigenvalue weighted by molar-refractivity contribution is 4.97. The highest BCUT2D eigenvalue weighted by atomic mass is 15.0. The van der Waals surface area contributed by atoms with Crippen molar-refractivity contribution in [3.8, 4) is 0 Å². The van der Waals surface area contributed by atoms with E-state index in [0.29, 0.717) is 5.41 Å². The summed E-state index contributed by atoms with van der Waals surface area (Å²) in [5.74, 6) is 2.14. The monoisotopic (exact) mass is 221 g/mol. The number of hydrogen-bond acceptors (Lipinski definition) is 2. The summed E-state index contributed by atoms with van der Waals surface area (Å²) >= 11 is 0. The Balaban J connectivity index is 1.94. The summed E-state index contributed by atoms with van der Waals surface area (Å²) in [7, 11) is 4.14. The van der Waals surface area contributed by atoms with Gasteiger partial charge in [0.1, 0.15) is 5.82 Å². The van der Waals surface area contributed by atoms with E-state index in [0.717, 1.165) is 18.9 Å². The molecule has 1 saturated carbocycles. The molecule has 1 heterocycles. The molecule has 90 valence electrons. The van der Waals surface area contributed by atoms with Crippen molar-refractivity contribution in [1.82, 2.24) is 14.9 Å². The summed E-state index contributed by atoms with van der Waals surface area (Å²) in [6.45, 7) is 3.55. The molecule has 1 N–H and O–H groups in total. The van der Waals surface area contributed by atoms with Crippen LogP contribution in [0.15, 0.2) is 12.4 Å². The maximum atomic E-state index is 4.40. The van der Waals surface area contributed by atoms with Crippen molar-refractivity contribution in [2.24, 2.45) is 18.4 Å².